The van der Waals surface area contributed by atoms with Crippen molar-refractivity contribution in [2.45, 2.75) is 45.0 Å². The van der Waals surface area contributed by atoms with Crippen LogP contribution in [0.3, 0.4) is 0 Å². The van der Waals surface area contributed by atoms with Crippen LogP contribution in [0, 0.1) is 5.92 Å². The monoisotopic (exact) mass is 250 g/mol. The van der Waals surface area contributed by atoms with E-state index in [1.165, 1.54) is 11.1 Å². The standard InChI is InChI=1S/C15H22OS/c1-10-8-17-9-11-5-6-12(15(2,3)4)7-13(11)14(10)16/h5-7,10,14,16H,8-9H2,1-4H3. The maximum absolute atomic E-state index is 10.4. The molecule has 1 heterocycles. The molecule has 0 amide bonds. The summed E-state index contributed by atoms with van der Waals surface area (Å²) in [4.78, 5) is 0. The normalized spacial score (nSPS) is 25.2. The Balaban J connectivity index is 2.46. The molecule has 0 bridgehead atoms. The number of thioether (sulfide) groups is 1. The summed E-state index contributed by atoms with van der Waals surface area (Å²) in [7, 11) is 0. The van der Waals surface area contributed by atoms with Gasteiger partial charge < -0.3 is 5.11 Å². The van der Waals surface area contributed by atoms with E-state index in [0.29, 0.717) is 5.92 Å². The van der Waals surface area contributed by atoms with Crippen LogP contribution in [0.1, 0.15) is 50.5 Å². The second-order valence-electron chi connectivity index (χ2n) is 6.10. The topological polar surface area (TPSA) is 20.2 Å². The van der Waals surface area contributed by atoms with Crippen molar-refractivity contribution in [1.29, 1.82) is 0 Å². The van der Waals surface area contributed by atoms with Gasteiger partial charge >= 0.3 is 0 Å². The Hall–Kier alpha value is -0.470. The molecule has 0 radical (unpaired) electrons. The van der Waals surface area contributed by atoms with Crippen LogP contribution >= 0.6 is 11.8 Å². The number of aliphatic hydroxyl groups excluding tert-OH is 1. The quantitative estimate of drug-likeness (QED) is 0.753. The van der Waals surface area contributed by atoms with Crippen LogP contribution in [-0.4, -0.2) is 10.9 Å². The van der Waals surface area contributed by atoms with E-state index in [4.69, 9.17) is 0 Å². The van der Waals surface area contributed by atoms with Crippen LogP contribution in [0.15, 0.2) is 18.2 Å². The minimum Gasteiger partial charge on any atom is -0.388 e. The van der Waals surface area contributed by atoms with Gasteiger partial charge in [-0.05, 0) is 33.8 Å². The summed E-state index contributed by atoms with van der Waals surface area (Å²) in [5, 5.41) is 10.4. The summed E-state index contributed by atoms with van der Waals surface area (Å²) < 4.78 is 0. The molecule has 0 aromatic heterocycles. The molecule has 2 rings (SSSR count). The maximum Gasteiger partial charge on any atom is 0.0826 e. The second kappa shape index (κ2) is 4.66. The van der Waals surface area contributed by atoms with Crippen LogP contribution in [0.4, 0.5) is 0 Å². The van der Waals surface area contributed by atoms with E-state index in [-0.39, 0.29) is 11.5 Å². The molecule has 1 aliphatic rings. The first kappa shape index (κ1) is 13.0. The lowest BCUT2D eigenvalue weighted by molar-refractivity contribution is 0.129. The van der Waals surface area contributed by atoms with Crippen molar-refractivity contribution in [2.24, 2.45) is 5.92 Å². The van der Waals surface area contributed by atoms with Crippen LogP contribution in [-0.2, 0) is 11.2 Å². The molecular weight excluding hydrogens is 228 g/mol. The van der Waals surface area contributed by atoms with Gasteiger partial charge in [0.15, 0.2) is 0 Å². The molecule has 0 fully saturated rings. The zero-order valence-corrected chi connectivity index (χ0v) is 12.0. The fourth-order valence-electron chi connectivity index (χ4n) is 2.22. The number of rotatable bonds is 0. The van der Waals surface area contributed by atoms with Crippen LogP contribution < -0.4 is 0 Å². The minimum atomic E-state index is -0.303. The Morgan fingerprint density at radius 2 is 2.00 bits per heavy atom. The summed E-state index contributed by atoms with van der Waals surface area (Å²) in [6.07, 6.45) is -0.303. The van der Waals surface area contributed by atoms with Crippen molar-refractivity contribution in [2.75, 3.05) is 5.75 Å². The van der Waals surface area contributed by atoms with Crippen molar-refractivity contribution >= 4 is 11.8 Å². The van der Waals surface area contributed by atoms with Crippen molar-refractivity contribution < 1.29 is 5.11 Å². The first-order chi connectivity index (χ1) is 7.89. The van der Waals surface area contributed by atoms with Crippen molar-refractivity contribution in [3.63, 3.8) is 0 Å². The predicted molar refractivity (Wildman–Crippen MR) is 75.4 cm³/mol. The molecule has 2 heteroatoms. The Morgan fingerprint density at radius 3 is 2.65 bits per heavy atom. The molecule has 1 N–H and O–H groups in total. The highest BCUT2D eigenvalue weighted by atomic mass is 32.2. The van der Waals surface area contributed by atoms with Crippen molar-refractivity contribution in [1.82, 2.24) is 0 Å². The predicted octanol–water partition coefficient (Wildman–Crippen LogP) is 3.90. The molecule has 1 aliphatic heterocycles. The fraction of sp³-hybridized carbons (Fsp3) is 0.600. The van der Waals surface area contributed by atoms with Gasteiger partial charge in [-0.1, -0.05) is 45.9 Å². The van der Waals surface area contributed by atoms with E-state index in [9.17, 15) is 5.11 Å². The second-order valence-corrected chi connectivity index (χ2v) is 7.13. The third-order valence-electron chi connectivity index (χ3n) is 3.51. The Kier molecular flexibility index (Phi) is 3.55. The Morgan fingerprint density at radius 1 is 1.29 bits per heavy atom. The average Bonchev–Trinajstić information content (AvgIpc) is 2.39. The van der Waals surface area contributed by atoms with E-state index >= 15 is 0 Å². The zero-order chi connectivity index (χ0) is 12.6. The number of hydrogen-bond donors (Lipinski definition) is 1. The maximum atomic E-state index is 10.4. The lowest BCUT2D eigenvalue weighted by atomic mass is 9.83. The smallest absolute Gasteiger partial charge is 0.0826 e. The highest BCUT2D eigenvalue weighted by Crippen LogP contribution is 2.36. The number of aliphatic hydroxyl groups is 1. The summed E-state index contributed by atoms with van der Waals surface area (Å²) >= 11 is 1.92. The number of fused-ring (bicyclic) bond motifs is 1. The summed E-state index contributed by atoms with van der Waals surface area (Å²) in [6, 6.07) is 6.62. The van der Waals surface area contributed by atoms with Gasteiger partial charge in [-0.25, -0.2) is 0 Å². The van der Waals surface area contributed by atoms with Gasteiger partial charge in [-0.3, -0.25) is 0 Å². The molecule has 0 saturated heterocycles. The molecule has 2 unspecified atom stereocenters. The summed E-state index contributed by atoms with van der Waals surface area (Å²) in [5.74, 6) is 2.42. The van der Waals surface area contributed by atoms with Gasteiger partial charge in [0.1, 0.15) is 0 Å². The minimum absolute atomic E-state index is 0.150. The molecule has 1 aromatic carbocycles. The third kappa shape index (κ3) is 2.69. The van der Waals surface area contributed by atoms with Gasteiger partial charge in [-0.2, -0.15) is 11.8 Å². The van der Waals surface area contributed by atoms with E-state index in [0.717, 1.165) is 17.1 Å². The Labute approximate surface area is 109 Å². The molecule has 0 saturated carbocycles. The van der Waals surface area contributed by atoms with Gasteiger partial charge in [-0.15, -0.1) is 0 Å². The molecule has 94 valence electrons. The largest absolute Gasteiger partial charge is 0.388 e. The molecule has 1 nitrogen and oxygen atoms in total. The first-order valence-corrected chi connectivity index (χ1v) is 7.44. The van der Waals surface area contributed by atoms with Gasteiger partial charge in [0.2, 0.25) is 0 Å². The first-order valence-electron chi connectivity index (χ1n) is 6.28. The van der Waals surface area contributed by atoms with E-state index < -0.39 is 0 Å². The fourth-order valence-corrected chi connectivity index (χ4v) is 3.38. The average molecular weight is 250 g/mol. The summed E-state index contributed by atoms with van der Waals surface area (Å²) in [6.45, 7) is 8.79. The SMILES string of the molecule is CC1CSCc2ccc(C(C)(C)C)cc2C1O. The molecular formula is C15H22OS. The third-order valence-corrected chi connectivity index (χ3v) is 4.78. The van der Waals surface area contributed by atoms with Crippen LogP contribution in [0.25, 0.3) is 0 Å². The van der Waals surface area contributed by atoms with Gasteiger partial charge in [0.25, 0.3) is 0 Å². The number of hydrogen-bond acceptors (Lipinski definition) is 2. The molecule has 0 aliphatic carbocycles. The van der Waals surface area contributed by atoms with Crippen molar-refractivity contribution in [3.05, 3.63) is 34.9 Å². The highest BCUT2D eigenvalue weighted by molar-refractivity contribution is 7.98. The molecule has 0 spiro atoms. The summed E-state index contributed by atoms with van der Waals surface area (Å²) in [5.41, 5.74) is 3.92. The van der Waals surface area contributed by atoms with Gasteiger partial charge in [0.05, 0.1) is 6.10 Å². The lowest BCUT2D eigenvalue weighted by Gasteiger charge is -2.23. The molecule has 1 aromatic rings. The lowest BCUT2D eigenvalue weighted by Crippen LogP contribution is -2.15. The number of benzene rings is 1. The molecule has 2 atom stereocenters. The van der Waals surface area contributed by atoms with E-state index in [2.05, 4.69) is 45.9 Å². The highest BCUT2D eigenvalue weighted by Gasteiger charge is 2.25. The molecule has 17 heavy (non-hydrogen) atoms. The van der Waals surface area contributed by atoms with Crippen molar-refractivity contribution in [3.8, 4) is 0 Å². The van der Waals surface area contributed by atoms with Gasteiger partial charge in [0, 0.05) is 5.75 Å². The Bertz CT molecular complexity index is 406. The zero-order valence-electron chi connectivity index (χ0n) is 11.2. The van der Waals surface area contributed by atoms with E-state index in [1.54, 1.807) is 0 Å². The van der Waals surface area contributed by atoms with Crippen LogP contribution in [0.5, 0.6) is 0 Å². The van der Waals surface area contributed by atoms with Crippen LogP contribution in [0.2, 0.25) is 0 Å². The van der Waals surface area contributed by atoms with E-state index in [1.807, 2.05) is 11.8 Å².